The average molecular weight is 394 g/mol. The number of hydrogen-bond donors (Lipinski definition) is 2. The fourth-order valence-electron chi connectivity index (χ4n) is 2.46. The lowest BCUT2D eigenvalue weighted by Crippen LogP contribution is -2.39. The molecule has 2 N–H and O–H groups in total. The Morgan fingerprint density at radius 3 is 2.32 bits per heavy atom. The number of ether oxygens (including phenoxy) is 3. The Morgan fingerprint density at radius 2 is 1.75 bits per heavy atom. The van der Waals surface area contributed by atoms with Gasteiger partial charge in [0.15, 0.2) is 17.5 Å². The molecule has 1 aromatic rings. The molecule has 0 aliphatic carbocycles. The minimum Gasteiger partial charge on any atom is -0.490 e. The van der Waals surface area contributed by atoms with Gasteiger partial charge in [0, 0.05) is 6.54 Å². The summed E-state index contributed by atoms with van der Waals surface area (Å²) in [6.45, 7) is 15.2. The number of aliphatic imine (C=N–C) groups is 1. The van der Waals surface area contributed by atoms with Crippen molar-refractivity contribution in [1.29, 1.82) is 0 Å². The summed E-state index contributed by atoms with van der Waals surface area (Å²) < 4.78 is 16.6. The fourth-order valence-corrected chi connectivity index (χ4v) is 2.46. The van der Waals surface area contributed by atoms with Crippen LogP contribution in [0.25, 0.3) is 0 Å². The van der Waals surface area contributed by atoms with Gasteiger partial charge in [0.25, 0.3) is 0 Å². The van der Waals surface area contributed by atoms with Crippen LogP contribution in [0.5, 0.6) is 11.5 Å². The van der Waals surface area contributed by atoms with Crippen molar-refractivity contribution in [2.24, 2.45) is 4.99 Å². The number of carbonyl (C=O) groups is 1. The molecule has 0 spiro atoms. The Bertz CT molecular complexity index is 654. The SMILES string of the molecule is CCNC(=NCC(=O)OC(C)(C)C)NC(C)c1ccc(OCC)c(OCC)c1. The van der Waals surface area contributed by atoms with Gasteiger partial charge in [-0.3, -0.25) is 4.79 Å². The number of hydrogen-bond acceptors (Lipinski definition) is 5. The van der Waals surface area contributed by atoms with Crippen molar-refractivity contribution in [3.8, 4) is 11.5 Å². The Kier molecular flexibility index (Phi) is 9.62. The zero-order valence-electron chi connectivity index (χ0n) is 18.2. The van der Waals surface area contributed by atoms with Crippen LogP contribution in [0.4, 0.5) is 0 Å². The summed E-state index contributed by atoms with van der Waals surface area (Å²) in [6, 6.07) is 5.81. The van der Waals surface area contributed by atoms with E-state index in [4.69, 9.17) is 14.2 Å². The van der Waals surface area contributed by atoms with Crippen LogP contribution in [0, 0.1) is 0 Å². The molecule has 1 rings (SSSR count). The predicted octanol–water partition coefficient (Wildman–Crippen LogP) is 3.44. The van der Waals surface area contributed by atoms with Crippen LogP contribution in [-0.4, -0.2) is 43.8 Å². The van der Waals surface area contributed by atoms with Crippen LogP contribution in [0.15, 0.2) is 23.2 Å². The van der Waals surface area contributed by atoms with Crippen molar-refractivity contribution in [1.82, 2.24) is 10.6 Å². The molecule has 0 saturated carbocycles. The van der Waals surface area contributed by atoms with E-state index in [1.165, 1.54) is 0 Å². The van der Waals surface area contributed by atoms with Gasteiger partial charge in [-0.1, -0.05) is 6.07 Å². The van der Waals surface area contributed by atoms with Crippen LogP contribution >= 0.6 is 0 Å². The summed E-state index contributed by atoms with van der Waals surface area (Å²) in [5.41, 5.74) is 0.499. The smallest absolute Gasteiger partial charge is 0.328 e. The van der Waals surface area contributed by atoms with Crippen LogP contribution in [-0.2, 0) is 9.53 Å². The molecule has 0 saturated heterocycles. The maximum atomic E-state index is 11.9. The third-order valence-electron chi connectivity index (χ3n) is 3.55. The highest BCUT2D eigenvalue weighted by atomic mass is 16.6. The average Bonchev–Trinajstić information content (AvgIpc) is 2.60. The predicted molar refractivity (Wildman–Crippen MR) is 112 cm³/mol. The number of esters is 1. The molecule has 0 radical (unpaired) electrons. The van der Waals surface area contributed by atoms with Crippen LogP contribution < -0.4 is 20.1 Å². The van der Waals surface area contributed by atoms with Crippen LogP contribution in [0.1, 0.15) is 60.1 Å². The normalized spacial score (nSPS) is 12.9. The summed E-state index contributed by atoms with van der Waals surface area (Å²) in [4.78, 5) is 16.3. The van der Waals surface area contributed by atoms with E-state index in [0.29, 0.717) is 31.5 Å². The summed E-state index contributed by atoms with van der Waals surface area (Å²) in [7, 11) is 0. The molecule has 1 atom stereocenters. The molecule has 28 heavy (non-hydrogen) atoms. The summed E-state index contributed by atoms with van der Waals surface area (Å²) in [5, 5.41) is 6.46. The molecule has 0 amide bonds. The number of nitrogens with zero attached hydrogens (tertiary/aromatic N) is 1. The molecule has 158 valence electrons. The molecule has 0 aliphatic rings. The number of nitrogens with one attached hydrogen (secondary N) is 2. The first kappa shape index (κ1) is 23.6. The highest BCUT2D eigenvalue weighted by Gasteiger charge is 2.17. The number of rotatable bonds is 9. The summed E-state index contributed by atoms with van der Waals surface area (Å²) >= 11 is 0. The molecule has 1 unspecified atom stereocenters. The molecule has 0 bridgehead atoms. The van der Waals surface area contributed by atoms with Crippen LogP contribution in [0.2, 0.25) is 0 Å². The van der Waals surface area contributed by atoms with Gasteiger partial charge in [-0.15, -0.1) is 0 Å². The lowest BCUT2D eigenvalue weighted by atomic mass is 10.1. The summed E-state index contributed by atoms with van der Waals surface area (Å²) in [5.74, 6) is 1.63. The molecular formula is C21H35N3O4. The maximum absolute atomic E-state index is 11.9. The maximum Gasteiger partial charge on any atom is 0.328 e. The van der Waals surface area contributed by atoms with Gasteiger partial charge in [0.05, 0.1) is 19.3 Å². The van der Waals surface area contributed by atoms with Gasteiger partial charge in [-0.2, -0.15) is 0 Å². The second kappa shape index (κ2) is 11.4. The van der Waals surface area contributed by atoms with Crippen molar-refractivity contribution in [3.63, 3.8) is 0 Å². The van der Waals surface area contributed by atoms with Gasteiger partial charge in [-0.05, 0) is 66.2 Å². The van der Waals surface area contributed by atoms with E-state index < -0.39 is 5.60 Å². The van der Waals surface area contributed by atoms with Crippen molar-refractivity contribution in [2.45, 2.75) is 60.1 Å². The number of carbonyl (C=O) groups excluding carboxylic acids is 1. The van der Waals surface area contributed by atoms with Crippen molar-refractivity contribution in [2.75, 3.05) is 26.3 Å². The molecule has 0 fully saturated rings. The quantitative estimate of drug-likeness (QED) is 0.380. The van der Waals surface area contributed by atoms with E-state index in [0.717, 1.165) is 11.3 Å². The molecular weight excluding hydrogens is 358 g/mol. The van der Waals surface area contributed by atoms with Crippen LogP contribution in [0.3, 0.4) is 0 Å². The number of benzene rings is 1. The van der Waals surface area contributed by atoms with Gasteiger partial charge in [0.2, 0.25) is 0 Å². The van der Waals surface area contributed by atoms with Gasteiger partial charge >= 0.3 is 5.97 Å². The van der Waals surface area contributed by atoms with E-state index in [2.05, 4.69) is 15.6 Å². The minimum atomic E-state index is -0.524. The lowest BCUT2D eigenvalue weighted by Gasteiger charge is -2.21. The third-order valence-corrected chi connectivity index (χ3v) is 3.55. The van der Waals surface area contributed by atoms with Gasteiger partial charge in [0.1, 0.15) is 12.1 Å². The monoisotopic (exact) mass is 393 g/mol. The largest absolute Gasteiger partial charge is 0.490 e. The standard InChI is InChI=1S/C21H35N3O4/c1-8-22-20(23-14-19(25)28-21(5,6)7)24-15(4)16-11-12-17(26-9-2)18(13-16)27-10-3/h11-13,15H,8-10,14H2,1-7H3,(H2,22,23,24). The Morgan fingerprint density at radius 1 is 1.11 bits per heavy atom. The zero-order valence-corrected chi connectivity index (χ0v) is 18.2. The van der Waals surface area contributed by atoms with E-state index in [9.17, 15) is 4.79 Å². The molecule has 0 aromatic heterocycles. The summed E-state index contributed by atoms with van der Waals surface area (Å²) in [6.07, 6.45) is 0. The van der Waals surface area contributed by atoms with E-state index >= 15 is 0 Å². The van der Waals surface area contributed by atoms with E-state index in [1.807, 2.05) is 66.7 Å². The molecule has 7 heteroatoms. The highest BCUT2D eigenvalue weighted by molar-refractivity contribution is 5.83. The van der Waals surface area contributed by atoms with E-state index in [1.54, 1.807) is 0 Å². The molecule has 0 heterocycles. The first-order chi connectivity index (χ1) is 13.2. The van der Waals surface area contributed by atoms with Gasteiger partial charge < -0.3 is 24.8 Å². The molecule has 1 aromatic carbocycles. The lowest BCUT2D eigenvalue weighted by molar-refractivity contribution is -0.152. The van der Waals surface area contributed by atoms with Crippen molar-refractivity contribution in [3.05, 3.63) is 23.8 Å². The first-order valence-corrected chi connectivity index (χ1v) is 9.86. The topological polar surface area (TPSA) is 81.2 Å². The third kappa shape index (κ3) is 8.50. The number of guanidine groups is 1. The Labute approximate surface area is 168 Å². The first-order valence-electron chi connectivity index (χ1n) is 9.86. The second-order valence-electron chi connectivity index (χ2n) is 7.22. The fraction of sp³-hybridized carbons (Fsp3) is 0.619. The minimum absolute atomic E-state index is 0.0488. The Balaban J connectivity index is 2.87. The molecule has 0 aliphatic heterocycles. The van der Waals surface area contributed by atoms with Crippen molar-refractivity contribution >= 4 is 11.9 Å². The Hall–Kier alpha value is -2.44. The van der Waals surface area contributed by atoms with Crippen molar-refractivity contribution < 1.29 is 19.0 Å². The van der Waals surface area contributed by atoms with Gasteiger partial charge in [-0.25, -0.2) is 4.99 Å². The molecule has 7 nitrogen and oxygen atoms in total. The second-order valence-corrected chi connectivity index (χ2v) is 7.22. The zero-order chi connectivity index (χ0) is 21.2. The van der Waals surface area contributed by atoms with E-state index in [-0.39, 0.29) is 18.6 Å². The highest BCUT2D eigenvalue weighted by Crippen LogP contribution is 2.30.